The van der Waals surface area contributed by atoms with Crippen LogP contribution in [0.3, 0.4) is 0 Å². The summed E-state index contributed by atoms with van der Waals surface area (Å²) < 4.78 is 5.65. The van der Waals surface area contributed by atoms with Crippen LogP contribution in [-0.4, -0.2) is 23.7 Å². The fourth-order valence-electron chi connectivity index (χ4n) is 2.07. The van der Waals surface area contributed by atoms with Gasteiger partial charge < -0.3 is 10.1 Å². The average Bonchev–Trinajstić information content (AvgIpc) is 2.72. The highest BCUT2D eigenvalue weighted by atomic mass is 35.5. The lowest BCUT2D eigenvalue weighted by Gasteiger charge is -2.13. The van der Waals surface area contributed by atoms with Gasteiger partial charge in [0.1, 0.15) is 5.69 Å². The van der Waals surface area contributed by atoms with Crippen molar-refractivity contribution in [1.82, 2.24) is 0 Å². The van der Waals surface area contributed by atoms with Gasteiger partial charge in [0.25, 0.3) is 5.69 Å². The molecule has 0 bridgehead atoms. The van der Waals surface area contributed by atoms with E-state index in [4.69, 9.17) is 16.3 Å². The van der Waals surface area contributed by atoms with Crippen LogP contribution in [0.5, 0.6) is 0 Å². The van der Waals surface area contributed by atoms with E-state index in [1.165, 1.54) is 12.1 Å². The number of anilines is 1. The summed E-state index contributed by atoms with van der Waals surface area (Å²) in [6.07, 6.45) is 2.39. The van der Waals surface area contributed by atoms with E-state index in [-0.39, 0.29) is 17.9 Å². The third-order valence-electron chi connectivity index (χ3n) is 3.00. The lowest BCUT2D eigenvalue weighted by Crippen LogP contribution is -2.20. The number of nitro groups is 1. The molecule has 1 fully saturated rings. The maximum Gasteiger partial charge on any atom is 0.292 e. The largest absolute Gasteiger partial charge is 0.377 e. The summed E-state index contributed by atoms with van der Waals surface area (Å²) in [4.78, 5) is 10.5. The molecule has 18 heavy (non-hydrogen) atoms. The number of nitrogens with one attached hydrogen (secondary N) is 1. The highest BCUT2D eigenvalue weighted by Gasteiger charge is 2.22. The Labute approximate surface area is 110 Å². The summed E-state index contributed by atoms with van der Waals surface area (Å²) in [6, 6.07) is 4.49. The minimum atomic E-state index is -0.420. The van der Waals surface area contributed by atoms with E-state index in [1.54, 1.807) is 6.07 Å². The molecule has 1 aliphatic rings. The molecular weight excluding hydrogens is 256 g/mol. The number of nitrogens with zero attached hydrogens (tertiary/aromatic N) is 1. The average molecular weight is 271 g/mol. The molecule has 2 rings (SSSR count). The third-order valence-corrected chi connectivity index (χ3v) is 3.23. The molecule has 1 heterocycles. The summed E-state index contributed by atoms with van der Waals surface area (Å²) in [5.41, 5.74) is 0.473. The number of hydrogen-bond donors (Lipinski definition) is 1. The molecule has 2 atom stereocenters. The van der Waals surface area contributed by atoms with Crippen LogP contribution in [-0.2, 0) is 4.74 Å². The Morgan fingerprint density at radius 2 is 2.33 bits per heavy atom. The normalized spacial score (nSPS) is 23.0. The van der Waals surface area contributed by atoms with Crippen LogP contribution in [0.1, 0.15) is 19.8 Å². The van der Waals surface area contributed by atoms with Crippen molar-refractivity contribution < 1.29 is 9.66 Å². The van der Waals surface area contributed by atoms with Crippen molar-refractivity contribution in [1.29, 1.82) is 0 Å². The number of benzene rings is 1. The lowest BCUT2D eigenvalue weighted by molar-refractivity contribution is -0.384. The topological polar surface area (TPSA) is 64.4 Å². The molecule has 1 aromatic rings. The van der Waals surface area contributed by atoms with Crippen molar-refractivity contribution in [3.63, 3.8) is 0 Å². The molecule has 98 valence electrons. The maximum atomic E-state index is 10.9. The van der Waals surface area contributed by atoms with Gasteiger partial charge in [-0.15, -0.1) is 0 Å². The molecule has 1 saturated heterocycles. The van der Waals surface area contributed by atoms with Crippen molar-refractivity contribution in [2.24, 2.45) is 0 Å². The van der Waals surface area contributed by atoms with Gasteiger partial charge in [-0.3, -0.25) is 10.1 Å². The fourth-order valence-corrected chi connectivity index (χ4v) is 2.24. The van der Waals surface area contributed by atoms with Crippen LogP contribution in [0.4, 0.5) is 11.4 Å². The van der Waals surface area contributed by atoms with Crippen LogP contribution in [0.15, 0.2) is 18.2 Å². The first-order chi connectivity index (χ1) is 8.56. The number of hydrogen-bond acceptors (Lipinski definition) is 4. The Bertz CT molecular complexity index is 453. The van der Waals surface area contributed by atoms with E-state index in [9.17, 15) is 10.1 Å². The predicted octanol–water partition coefficient (Wildman–Crippen LogP) is 3.23. The predicted molar refractivity (Wildman–Crippen MR) is 70.2 cm³/mol. The molecule has 0 amide bonds. The third kappa shape index (κ3) is 3.11. The zero-order valence-corrected chi connectivity index (χ0v) is 10.8. The van der Waals surface area contributed by atoms with Crippen LogP contribution in [0.25, 0.3) is 0 Å². The van der Waals surface area contributed by atoms with Crippen LogP contribution >= 0.6 is 11.6 Å². The molecule has 2 unspecified atom stereocenters. The number of nitro benzene ring substituents is 1. The van der Waals surface area contributed by atoms with Gasteiger partial charge >= 0.3 is 0 Å². The second-order valence-corrected chi connectivity index (χ2v) is 4.88. The molecule has 1 N–H and O–H groups in total. The molecule has 0 saturated carbocycles. The molecule has 1 aliphatic heterocycles. The van der Waals surface area contributed by atoms with Gasteiger partial charge in [0.2, 0.25) is 0 Å². The van der Waals surface area contributed by atoms with Crippen molar-refractivity contribution in [2.45, 2.75) is 32.0 Å². The van der Waals surface area contributed by atoms with E-state index >= 15 is 0 Å². The first-order valence-electron chi connectivity index (χ1n) is 5.89. The first-order valence-corrected chi connectivity index (χ1v) is 6.27. The summed E-state index contributed by atoms with van der Waals surface area (Å²) in [5, 5.41) is 14.4. The van der Waals surface area contributed by atoms with Crippen LogP contribution in [0.2, 0.25) is 5.02 Å². The quantitative estimate of drug-likeness (QED) is 0.674. The SMILES string of the molecule is CC1CCC(CNc2cc(Cl)ccc2[N+](=O)[O-])O1. The zero-order chi connectivity index (χ0) is 13.1. The van der Waals surface area contributed by atoms with Crippen molar-refractivity contribution in [3.05, 3.63) is 33.3 Å². The number of rotatable bonds is 4. The molecule has 0 aromatic heterocycles. The zero-order valence-electron chi connectivity index (χ0n) is 10.1. The van der Waals surface area contributed by atoms with Gasteiger partial charge in [-0.1, -0.05) is 11.6 Å². The monoisotopic (exact) mass is 270 g/mol. The first kappa shape index (κ1) is 13.1. The second kappa shape index (κ2) is 5.54. The Balaban J connectivity index is 2.04. The second-order valence-electron chi connectivity index (χ2n) is 4.45. The van der Waals surface area contributed by atoms with Crippen molar-refractivity contribution in [3.8, 4) is 0 Å². The van der Waals surface area contributed by atoms with Gasteiger partial charge in [0.05, 0.1) is 17.1 Å². The minimum absolute atomic E-state index is 0.0328. The van der Waals surface area contributed by atoms with E-state index in [1.807, 2.05) is 6.92 Å². The van der Waals surface area contributed by atoms with E-state index in [0.29, 0.717) is 17.3 Å². The molecule has 5 nitrogen and oxygen atoms in total. The van der Waals surface area contributed by atoms with E-state index < -0.39 is 4.92 Å². The number of ether oxygens (including phenoxy) is 1. The highest BCUT2D eigenvalue weighted by Crippen LogP contribution is 2.28. The lowest BCUT2D eigenvalue weighted by atomic mass is 10.2. The smallest absolute Gasteiger partial charge is 0.292 e. The van der Waals surface area contributed by atoms with Crippen molar-refractivity contribution >= 4 is 23.0 Å². The Morgan fingerprint density at radius 3 is 2.94 bits per heavy atom. The van der Waals surface area contributed by atoms with E-state index in [0.717, 1.165) is 12.8 Å². The Morgan fingerprint density at radius 1 is 1.56 bits per heavy atom. The summed E-state index contributed by atoms with van der Waals surface area (Å²) in [6.45, 7) is 2.59. The fraction of sp³-hybridized carbons (Fsp3) is 0.500. The standard InChI is InChI=1S/C12H15ClN2O3/c1-8-2-4-10(18-8)7-14-11-6-9(13)3-5-12(11)15(16)17/h3,5-6,8,10,14H,2,4,7H2,1H3. The highest BCUT2D eigenvalue weighted by molar-refractivity contribution is 6.31. The van der Waals surface area contributed by atoms with Crippen LogP contribution < -0.4 is 5.32 Å². The molecule has 0 spiro atoms. The van der Waals surface area contributed by atoms with E-state index in [2.05, 4.69) is 5.32 Å². The van der Waals surface area contributed by atoms with Gasteiger partial charge in [-0.25, -0.2) is 0 Å². The summed E-state index contributed by atoms with van der Waals surface area (Å²) >= 11 is 5.85. The number of halogens is 1. The Hall–Kier alpha value is -1.33. The summed E-state index contributed by atoms with van der Waals surface area (Å²) in [5.74, 6) is 0. The molecule has 1 aromatic carbocycles. The van der Waals surface area contributed by atoms with Gasteiger partial charge in [0.15, 0.2) is 0 Å². The van der Waals surface area contributed by atoms with Gasteiger partial charge in [-0.05, 0) is 31.9 Å². The molecule has 6 heteroatoms. The molecular formula is C12H15ClN2O3. The van der Waals surface area contributed by atoms with Gasteiger partial charge in [-0.2, -0.15) is 0 Å². The Kier molecular flexibility index (Phi) is 4.04. The molecule has 0 aliphatic carbocycles. The molecule has 0 radical (unpaired) electrons. The van der Waals surface area contributed by atoms with Gasteiger partial charge in [0, 0.05) is 17.6 Å². The van der Waals surface area contributed by atoms with Crippen LogP contribution in [0, 0.1) is 10.1 Å². The maximum absolute atomic E-state index is 10.9. The minimum Gasteiger partial charge on any atom is -0.377 e. The summed E-state index contributed by atoms with van der Waals surface area (Å²) in [7, 11) is 0. The van der Waals surface area contributed by atoms with Crippen molar-refractivity contribution in [2.75, 3.05) is 11.9 Å².